The van der Waals surface area contributed by atoms with Crippen molar-refractivity contribution < 1.29 is 9.53 Å². The van der Waals surface area contributed by atoms with Gasteiger partial charge in [0.15, 0.2) is 0 Å². The molecule has 0 bridgehead atoms. The van der Waals surface area contributed by atoms with Crippen LogP contribution in [0.4, 0.5) is 0 Å². The highest BCUT2D eigenvalue weighted by molar-refractivity contribution is 5.78. The van der Waals surface area contributed by atoms with E-state index in [0.29, 0.717) is 31.6 Å². The number of likely N-dealkylation sites (tertiary alicyclic amines) is 1. The second-order valence-electron chi connectivity index (χ2n) is 6.12. The number of carbonyl (C=O) groups is 1. The van der Waals surface area contributed by atoms with E-state index in [9.17, 15) is 4.79 Å². The van der Waals surface area contributed by atoms with Gasteiger partial charge in [-0.2, -0.15) is 0 Å². The van der Waals surface area contributed by atoms with Crippen molar-refractivity contribution in [3.05, 3.63) is 29.8 Å². The molecule has 2 rings (SSSR count). The van der Waals surface area contributed by atoms with E-state index in [1.807, 2.05) is 24.3 Å². The normalized spacial score (nSPS) is 22.3. The Hall–Kier alpha value is -1.59. The van der Waals surface area contributed by atoms with Gasteiger partial charge in [0.2, 0.25) is 5.91 Å². The average molecular weight is 305 g/mol. The quantitative estimate of drug-likeness (QED) is 0.833. The van der Waals surface area contributed by atoms with Gasteiger partial charge in [0, 0.05) is 19.1 Å². The molecule has 3 N–H and O–H groups in total. The lowest BCUT2D eigenvalue weighted by Crippen LogP contribution is -2.50. The average Bonchev–Trinajstić information content (AvgIpc) is 2.54. The number of hydrogen-bond donors (Lipinski definition) is 2. The van der Waals surface area contributed by atoms with E-state index in [2.05, 4.69) is 17.1 Å². The van der Waals surface area contributed by atoms with E-state index < -0.39 is 0 Å². The molecule has 0 aliphatic carbocycles. The van der Waals surface area contributed by atoms with Crippen LogP contribution in [0.25, 0.3) is 0 Å². The van der Waals surface area contributed by atoms with Crippen molar-refractivity contribution in [3.63, 3.8) is 0 Å². The highest BCUT2D eigenvalue weighted by atomic mass is 16.5. The summed E-state index contributed by atoms with van der Waals surface area (Å²) in [5.74, 6) is 1.56. The maximum Gasteiger partial charge on any atom is 0.234 e. The summed E-state index contributed by atoms with van der Waals surface area (Å²) in [5.41, 5.74) is 6.88. The molecule has 5 nitrogen and oxygen atoms in total. The van der Waals surface area contributed by atoms with Gasteiger partial charge < -0.3 is 15.8 Å². The van der Waals surface area contributed by atoms with Crippen molar-refractivity contribution in [1.82, 2.24) is 10.2 Å². The number of carbonyl (C=O) groups excluding carboxylic acids is 1. The Bertz CT molecular complexity index is 493. The molecule has 1 fully saturated rings. The molecule has 122 valence electrons. The minimum Gasteiger partial charge on any atom is -0.497 e. The maximum absolute atomic E-state index is 12.2. The number of piperidine rings is 1. The fraction of sp³-hybridized carbons (Fsp3) is 0.588. The first-order chi connectivity index (χ1) is 10.6. The summed E-state index contributed by atoms with van der Waals surface area (Å²) in [6, 6.07) is 8.06. The number of nitrogens with two attached hydrogens (primary N) is 1. The Morgan fingerprint density at radius 3 is 3.05 bits per heavy atom. The van der Waals surface area contributed by atoms with Gasteiger partial charge in [-0.25, -0.2) is 0 Å². The van der Waals surface area contributed by atoms with Crippen LogP contribution >= 0.6 is 0 Å². The van der Waals surface area contributed by atoms with Crippen LogP contribution in [0.2, 0.25) is 0 Å². The van der Waals surface area contributed by atoms with Crippen LogP contribution in [0.15, 0.2) is 24.3 Å². The van der Waals surface area contributed by atoms with Crippen LogP contribution in [0.1, 0.15) is 25.3 Å². The van der Waals surface area contributed by atoms with Crippen molar-refractivity contribution in [3.8, 4) is 5.75 Å². The van der Waals surface area contributed by atoms with Gasteiger partial charge in [0.1, 0.15) is 5.75 Å². The van der Waals surface area contributed by atoms with Crippen LogP contribution in [0.3, 0.4) is 0 Å². The molecule has 2 unspecified atom stereocenters. The predicted molar refractivity (Wildman–Crippen MR) is 87.7 cm³/mol. The molecule has 0 spiro atoms. The molecule has 1 aliphatic rings. The Balaban J connectivity index is 1.82. The lowest BCUT2D eigenvalue weighted by atomic mass is 9.92. The standard InChI is InChI=1S/C17H27N3O2/c1-13-6-7-20(15(8-13)10-18)12-17(21)19-11-14-4-3-5-16(9-14)22-2/h3-5,9,13,15H,6-8,10-12,18H2,1-2H3,(H,19,21). The number of methoxy groups -OCH3 is 1. The molecule has 1 aromatic carbocycles. The van der Waals surface area contributed by atoms with Gasteiger partial charge in [-0.05, 0) is 43.0 Å². The summed E-state index contributed by atoms with van der Waals surface area (Å²) in [7, 11) is 1.64. The molecule has 22 heavy (non-hydrogen) atoms. The third-order valence-corrected chi connectivity index (χ3v) is 4.34. The van der Waals surface area contributed by atoms with Crippen molar-refractivity contribution in [2.45, 2.75) is 32.4 Å². The fourth-order valence-corrected chi connectivity index (χ4v) is 2.98. The third kappa shape index (κ3) is 4.71. The van der Waals surface area contributed by atoms with Gasteiger partial charge in [0.25, 0.3) is 0 Å². The topological polar surface area (TPSA) is 67.6 Å². The first-order valence-corrected chi connectivity index (χ1v) is 7.96. The molecule has 5 heteroatoms. The highest BCUT2D eigenvalue weighted by Crippen LogP contribution is 2.21. The maximum atomic E-state index is 12.2. The lowest BCUT2D eigenvalue weighted by Gasteiger charge is -2.37. The van der Waals surface area contributed by atoms with Gasteiger partial charge in [-0.15, -0.1) is 0 Å². The van der Waals surface area contributed by atoms with Crippen molar-refractivity contribution in [1.29, 1.82) is 0 Å². The van der Waals surface area contributed by atoms with Crippen LogP contribution in [-0.2, 0) is 11.3 Å². The molecular formula is C17H27N3O2. The largest absolute Gasteiger partial charge is 0.497 e. The van der Waals surface area contributed by atoms with E-state index in [0.717, 1.165) is 30.7 Å². The zero-order valence-corrected chi connectivity index (χ0v) is 13.5. The number of ether oxygens (including phenoxy) is 1. The van der Waals surface area contributed by atoms with E-state index >= 15 is 0 Å². The Kier molecular flexibility index (Phi) is 6.21. The summed E-state index contributed by atoms with van der Waals surface area (Å²) in [6.45, 7) is 4.78. The number of nitrogens with one attached hydrogen (secondary N) is 1. The molecule has 1 amide bonds. The number of benzene rings is 1. The van der Waals surface area contributed by atoms with E-state index in [1.54, 1.807) is 7.11 Å². The molecule has 1 saturated heterocycles. The number of hydrogen-bond acceptors (Lipinski definition) is 4. The highest BCUT2D eigenvalue weighted by Gasteiger charge is 2.26. The summed E-state index contributed by atoms with van der Waals surface area (Å²) < 4.78 is 5.19. The first kappa shape index (κ1) is 16.8. The second-order valence-corrected chi connectivity index (χ2v) is 6.12. The Morgan fingerprint density at radius 2 is 2.32 bits per heavy atom. The molecule has 1 aromatic rings. The number of nitrogens with zero attached hydrogens (tertiary/aromatic N) is 1. The predicted octanol–water partition coefficient (Wildman–Crippen LogP) is 1.37. The van der Waals surface area contributed by atoms with Crippen LogP contribution in [0, 0.1) is 5.92 Å². The van der Waals surface area contributed by atoms with E-state index in [1.165, 1.54) is 0 Å². The summed E-state index contributed by atoms with van der Waals surface area (Å²) >= 11 is 0. The fourth-order valence-electron chi connectivity index (χ4n) is 2.98. The smallest absolute Gasteiger partial charge is 0.234 e. The third-order valence-electron chi connectivity index (χ3n) is 4.34. The Morgan fingerprint density at radius 1 is 1.50 bits per heavy atom. The van der Waals surface area contributed by atoms with E-state index in [-0.39, 0.29) is 5.91 Å². The summed E-state index contributed by atoms with van der Waals surface area (Å²) in [6.07, 6.45) is 2.22. The van der Waals surface area contributed by atoms with Crippen molar-refractivity contribution in [2.24, 2.45) is 11.7 Å². The molecular weight excluding hydrogens is 278 g/mol. The first-order valence-electron chi connectivity index (χ1n) is 7.96. The molecule has 0 saturated carbocycles. The molecule has 1 heterocycles. The van der Waals surface area contributed by atoms with Gasteiger partial charge in [0.05, 0.1) is 13.7 Å². The number of rotatable bonds is 6. The lowest BCUT2D eigenvalue weighted by molar-refractivity contribution is -0.123. The molecule has 0 radical (unpaired) electrons. The van der Waals surface area contributed by atoms with E-state index in [4.69, 9.17) is 10.5 Å². The minimum atomic E-state index is 0.0517. The minimum absolute atomic E-state index is 0.0517. The summed E-state index contributed by atoms with van der Waals surface area (Å²) in [4.78, 5) is 14.4. The van der Waals surface area contributed by atoms with Gasteiger partial charge in [-0.1, -0.05) is 19.1 Å². The SMILES string of the molecule is COc1cccc(CNC(=O)CN2CCC(C)CC2CN)c1. The van der Waals surface area contributed by atoms with Crippen molar-refractivity contribution >= 4 is 5.91 Å². The zero-order valence-electron chi connectivity index (χ0n) is 13.5. The molecule has 2 atom stereocenters. The van der Waals surface area contributed by atoms with Gasteiger partial charge in [-0.3, -0.25) is 9.69 Å². The van der Waals surface area contributed by atoms with Gasteiger partial charge >= 0.3 is 0 Å². The second kappa shape index (κ2) is 8.15. The van der Waals surface area contributed by atoms with Crippen LogP contribution in [-0.4, -0.2) is 43.6 Å². The molecule has 0 aromatic heterocycles. The van der Waals surface area contributed by atoms with Crippen LogP contribution < -0.4 is 15.8 Å². The zero-order chi connectivity index (χ0) is 15.9. The van der Waals surface area contributed by atoms with Crippen molar-refractivity contribution in [2.75, 3.05) is 26.7 Å². The molecule has 1 aliphatic heterocycles. The van der Waals surface area contributed by atoms with Crippen LogP contribution in [0.5, 0.6) is 5.75 Å². The number of amides is 1. The summed E-state index contributed by atoms with van der Waals surface area (Å²) in [5, 5.41) is 2.98. The monoisotopic (exact) mass is 305 g/mol. The Labute approximate surface area is 132 Å².